The Labute approximate surface area is 205 Å². The largest absolute Gasteiger partial charge is 0.474 e. The van der Waals surface area contributed by atoms with E-state index in [2.05, 4.69) is 4.98 Å². The molecule has 31 heavy (non-hydrogen) atoms. The number of carbonyl (C=O) groups is 1. The second-order valence-corrected chi connectivity index (χ2v) is 10.8. The number of allylic oxidation sites excluding steroid dienone is 1. The summed E-state index contributed by atoms with van der Waals surface area (Å²) >= 11 is 25.9. The minimum Gasteiger partial charge on any atom is -0.474 e. The number of aromatic nitrogens is 1. The number of nitrogens with zero attached hydrogens (tertiary/aromatic N) is 2. The first-order valence-corrected chi connectivity index (χ1v) is 12.2. The van der Waals surface area contributed by atoms with Crippen LogP contribution in [0.15, 0.2) is 47.0 Å². The van der Waals surface area contributed by atoms with Crippen LogP contribution >= 0.6 is 58.2 Å². The Morgan fingerprint density at radius 3 is 2.61 bits per heavy atom. The molecule has 2 unspecified atom stereocenters. The molecule has 0 aliphatic carbocycles. The first kappa shape index (κ1) is 23.1. The molecule has 4 rings (SSSR count). The molecular weight excluding hydrogens is 498 g/mol. The van der Waals surface area contributed by atoms with Gasteiger partial charge in [0.2, 0.25) is 11.8 Å². The van der Waals surface area contributed by atoms with Crippen molar-refractivity contribution in [2.75, 3.05) is 13.1 Å². The zero-order chi connectivity index (χ0) is 22.1. The van der Waals surface area contributed by atoms with Gasteiger partial charge in [-0.3, -0.25) is 4.79 Å². The summed E-state index contributed by atoms with van der Waals surface area (Å²) in [4.78, 5) is 19.3. The highest BCUT2D eigenvalue weighted by atomic mass is 35.5. The SMILES string of the molecule is C[C@@H](Oc1ccc(Cl)cn1)C1CN(C(=O)C2CC=C(Cl)S2)C[C@H]1c1ccc(Cl)c(Cl)c1. The summed E-state index contributed by atoms with van der Waals surface area (Å²) in [6.07, 6.45) is 3.92. The fourth-order valence-electron chi connectivity index (χ4n) is 4.08. The van der Waals surface area contributed by atoms with Crippen molar-refractivity contribution in [1.29, 1.82) is 0 Å². The molecule has 4 atom stereocenters. The summed E-state index contributed by atoms with van der Waals surface area (Å²) in [7, 11) is 0. The molecular formula is C22H20Cl4N2O2S. The number of halogens is 4. The van der Waals surface area contributed by atoms with Crippen molar-refractivity contribution in [2.24, 2.45) is 5.92 Å². The van der Waals surface area contributed by atoms with Crippen LogP contribution < -0.4 is 4.74 Å². The van der Waals surface area contributed by atoms with Crippen LogP contribution in [0.1, 0.15) is 24.8 Å². The van der Waals surface area contributed by atoms with Crippen molar-refractivity contribution in [3.8, 4) is 5.88 Å². The Bertz CT molecular complexity index is 1000. The molecule has 4 nitrogen and oxygen atoms in total. The van der Waals surface area contributed by atoms with Gasteiger partial charge in [0.05, 0.1) is 24.7 Å². The van der Waals surface area contributed by atoms with E-state index >= 15 is 0 Å². The van der Waals surface area contributed by atoms with E-state index in [0.717, 1.165) is 5.56 Å². The minimum absolute atomic E-state index is 0.0495. The van der Waals surface area contributed by atoms with E-state index in [-0.39, 0.29) is 29.1 Å². The maximum Gasteiger partial charge on any atom is 0.236 e. The van der Waals surface area contributed by atoms with Gasteiger partial charge >= 0.3 is 0 Å². The summed E-state index contributed by atoms with van der Waals surface area (Å²) in [5.74, 6) is 0.697. The molecule has 9 heteroatoms. The monoisotopic (exact) mass is 516 g/mol. The lowest BCUT2D eigenvalue weighted by Crippen LogP contribution is -2.36. The van der Waals surface area contributed by atoms with Crippen molar-refractivity contribution >= 4 is 64.1 Å². The average molecular weight is 518 g/mol. The van der Waals surface area contributed by atoms with Gasteiger partial charge in [-0.25, -0.2) is 4.98 Å². The normalized spacial score (nSPS) is 24.2. The van der Waals surface area contributed by atoms with E-state index < -0.39 is 0 Å². The summed E-state index contributed by atoms with van der Waals surface area (Å²) in [6.45, 7) is 3.16. The van der Waals surface area contributed by atoms with Gasteiger partial charge in [0.1, 0.15) is 6.10 Å². The van der Waals surface area contributed by atoms with Crippen molar-refractivity contribution in [3.63, 3.8) is 0 Å². The van der Waals surface area contributed by atoms with Gasteiger partial charge in [0.15, 0.2) is 0 Å². The van der Waals surface area contributed by atoms with Gasteiger partial charge in [-0.15, -0.1) is 11.8 Å². The van der Waals surface area contributed by atoms with Gasteiger partial charge in [-0.2, -0.15) is 0 Å². The quantitative estimate of drug-likeness (QED) is 0.446. The van der Waals surface area contributed by atoms with Crippen LogP contribution in [0.3, 0.4) is 0 Å². The predicted molar refractivity (Wildman–Crippen MR) is 129 cm³/mol. The van der Waals surface area contributed by atoms with E-state index in [4.69, 9.17) is 51.1 Å². The maximum absolute atomic E-state index is 13.2. The van der Waals surface area contributed by atoms with Crippen molar-refractivity contribution < 1.29 is 9.53 Å². The number of ether oxygens (including phenoxy) is 1. The molecule has 1 aromatic carbocycles. The fraction of sp³-hybridized carbons (Fsp3) is 0.364. The average Bonchev–Trinajstić information content (AvgIpc) is 3.38. The summed E-state index contributed by atoms with van der Waals surface area (Å²) < 4.78 is 6.81. The van der Waals surface area contributed by atoms with Gasteiger partial charge in [-0.05, 0) is 37.1 Å². The topological polar surface area (TPSA) is 42.4 Å². The van der Waals surface area contributed by atoms with Crippen LogP contribution in [-0.2, 0) is 4.79 Å². The maximum atomic E-state index is 13.2. The Hall–Kier alpha value is -1.11. The van der Waals surface area contributed by atoms with Crippen LogP contribution in [0.5, 0.6) is 5.88 Å². The number of hydrogen-bond acceptors (Lipinski definition) is 4. The molecule has 3 heterocycles. The van der Waals surface area contributed by atoms with Gasteiger partial charge in [-0.1, -0.05) is 58.5 Å². The third kappa shape index (κ3) is 5.28. The molecule has 2 aliphatic rings. The first-order valence-electron chi connectivity index (χ1n) is 9.86. The van der Waals surface area contributed by atoms with Crippen LogP contribution in [0.2, 0.25) is 15.1 Å². The second-order valence-electron chi connectivity index (χ2n) is 7.68. The summed E-state index contributed by atoms with van der Waals surface area (Å²) in [6, 6.07) is 9.13. The Balaban J connectivity index is 1.56. The lowest BCUT2D eigenvalue weighted by atomic mass is 9.86. The molecule has 1 fully saturated rings. The molecule has 2 aromatic rings. The van der Waals surface area contributed by atoms with Crippen LogP contribution in [-0.4, -0.2) is 40.2 Å². The zero-order valence-electron chi connectivity index (χ0n) is 16.6. The van der Waals surface area contributed by atoms with E-state index in [1.54, 1.807) is 24.4 Å². The summed E-state index contributed by atoms with van der Waals surface area (Å²) in [5.41, 5.74) is 1.03. The van der Waals surface area contributed by atoms with E-state index in [9.17, 15) is 4.79 Å². The number of rotatable bonds is 5. The third-order valence-electron chi connectivity index (χ3n) is 5.68. The molecule has 2 aliphatic heterocycles. The third-order valence-corrected chi connectivity index (χ3v) is 8.14. The van der Waals surface area contributed by atoms with Gasteiger partial charge in [0.25, 0.3) is 0 Å². The van der Waals surface area contributed by atoms with Gasteiger partial charge in [0, 0.05) is 37.2 Å². The Morgan fingerprint density at radius 2 is 1.97 bits per heavy atom. The molecule has 0 bridgehead atoms. The molecule has 0 N–H and O–H groups in total. The number of carbonyl (C=O) groups excluding carboxylic acids is 1. The molecule has 1 amide bonds. The van der Waals surface area contributed by atoms with E-state index in [1.807, 2.05) is 30.0 Å². The number of amides is 1. The van der Waals surface area contributed by atoms with Crippen LogP contribution in [0, 0.1) is 5.92 Å². The molecule has 164 valence electrons. The van der Waals surface area contributed by atoms with Crippen molar-refractivity contribution in [1.82, 2.24) is 9.88 Å². The van der Waals surface area contributed by atoms with Crippen molar-refractivity contribution in [2.45, 2.75) is 30.6 Å². The van der Waals surface area contributed by atoms with Gasteiger partial charge < -0.3 is 9.64 Å². The minimum atomic E-state index is -0.191. The highest BCUT2D eigenvalue weighted by Crippen LogP contribution is 2.41. The Morgan fingerprint density at radius 1 is 1.16 bits per heavy atom. The van der Waals surface area contributed by atoms with Crippen LogP contribution in [0.4, 0.5) is 0 Å². The second kappa shape index (κ2) is 9.80. The number of likely N-dealkylation sites (tertiary alicyclic amines) is 1. The molecule has 0 saturated carbocycles. The standard InChI is InChI=1S/C22H20Cl4N2O2S/c1-12(30-21-7-3-14(23)9-27-21)15-10-28(22(29)19-5-6-20(26)31-19)11-16(15)13-2-4-17(24)18(25)8-13/h2-4,6-9,12,15-16,19H,5,10-11H2,1H3/t12-,15?,16+,19?/m1/s1. The summed E-state index contributed by atoms with van der Waals surface area (Å²) in [5, 5.41) is 1.38. The van der Waals surface area contributed by atoms with E-state index in [1.165, 1.54) is 11.8 Å². The molecule has 1 aromatic heterocycles. The number of pyridine rings is 1. The highest BCUT2D eigenvalue weighted by Gasteiger charge is 2.42. The molecule has 0 radical (unpaired) electrons. The molecule has 1 saturated heterocycles. The Kier molecular flexibility index (Phi) is 7.29. The first-order chi connectivity index (χ1) is 14.8. The van der Waals surface area contributed by atoms with Crippen molar-refractivity contribution in [3.05, 3.63) is 67.6 Å². The predicted octanol–water partition coefficient (Wildman–Crippen LogP) is 6.64. The van der Waals surface area contributed by atoms with E-state index in [0.29, 0.717) is 44.8 Å². The van der Waals surface area contributed by atoms with Crippen LogP contribution in [0.25, 0.3) is 0 Å². The smallest absolute Gasteiger partial charge is 0.236 e. The lowest BCUT2D eigenvalue weighted by Gasteiger charge is -2.25. The highest BCUT2D eigenvalue weighted by molar-refractivity contribution is 8.06. The molecule has 0 spiro atoms. The lowest BCUT2D eigenvalue weighted by molar-refractivity contribution is -0.129. The number of benzene rings is 1. The number of hydrogen-bond donors (Lipinski definition) is 0. The number of thioether (sulfide) groups is 1. The zero-order valence-corrected chi connectivity index (χ0v) is 20.4. The fourth-order valence-corrected chi connectivity index (χ4v) is 5.81.